The number of hydrogen-bond acceptors (Lipinski definition) is 6. The molecule has 0 saturated carbocycles. The van der Waals surface area contributed by atoms with Gasteiger partial charge in [-0.25, -0.2) is 4.79 Å². The van der Waals surface area contributed by atoms with E-state index in [-0.39, 0.29) is 43.7 Å². The first kappa shape index (κ1) is 34.1. The zero-order valence-corrected chi connectivity index (χ0v) is 29.9. The highest BCUT2D eigenvalue weighted by atomic mass is 127. The quantitative estimate of drug-likeness (QED) is 0.175. The van der Waals surface area contributed by atoms with Gasteiger partial charge in [0.05, 0.1) is 5.52 Å². The first-order valence-corrected chi connectivity index (χ1v) is 19.6. The summed E-state index contributed by atoms with van der Waals surface area (Å²) < 4.78 is 6.45. The summed E-state index contributed by atoms with van der Waals surface area (Å²) in [6.45, 7) is 10.2. The van der Waals surface area contributed by atoms with Gasteiger partial charge in [0.2, 0.25) is 5.43 Å². The fourth-order valence-corrected chi connectivity index (χ4v) is 8.21. The molecule has 0 unspecified atom stereocenters. The SMILES string of the molecule is CCn1c(NCCN2CCCC2)c(C(=O)NCCN2CCCC2)c(=O)c2ccc(-c3ccc(NC(=O)NCC4=CC=CI=C4)cc3)cc21. The van der Waals surface area contributed by atoms with Crippen LogP contribution in [0.1, 0.15) is 43.0 Å². The molecule has 6 rings (SSSR count). The number of amides is 3. The van der Waals surface area contributed by atoms with Crippen molar-refractivity contribution in [3.63, 3.8) is 0 Å². The van der Waals surface area contributed by atoms with Crippen LogP contribution in [0.4, 0.5) is 16.3 Å². The highest BCUT2D eigenvalue weighted by molar-refractivity contribution is 14.2. The van der Waals surface area contributed by atoms with Gasteiger partial charge >= 0.3 is 6.03 Å². The van der Waals surface area contributed by atoms with Crippen LogP contribution in [0, 0.1) is 0 Å². The number of rotatable bonds is 13. The molecule has 3 aromatic rings. The number of anilines is 2. The maximum atomic E-state index is 14.1. The van der Waals surface area contributed by atoms with Gasteiger partial charge in [0.1, 0.15) is 11.4 Å². The topological polar surface area (TPSA) is 111 Å². The predicted molar refractivity (Wildman–Crippen MR) is 206 cm³/mol. The number of hydrogen-bond donors (Lipinski definition) is 4. The Morgan fingerprint density at radius 3 is 2.21 bits per heavy atom. The van der Waals surface area contributed by atoms with Crippen LogP contribution < -0.4 is 26.7 Å². The van der Waals surface area contributed by atoms with Gasteiger partial charge in [-0.15, -0.1) is 0 Å². The summed E-state index contributed by atoms with van der Waals surface area (Å²) in [4.78, 5) is 45.0. The summed E-state index contributed by atoms with van der Waals surface area (Å²) in [6.07, 6.45) is 8.89. The molecular formula is C37H46IN7O3. The van der Waals surface area contributed by atoms with Gasteiger partial charge in [0, 0.05) is 50.3 Å². The Hall–Kier alpha value is -3.81. The van der Waals surface area contributed by atoms with Gasteiger partial charge < -0.3 is 35.6 Å². The predicted octanol–water partition coefficient (Wildman–Crippen LogP) is 5.37. The number of halogens is 1. The molecule has 2 saturated heterocycles. The number of likely N-dealkylation sites (tertiary alicyclic amines) is 2. The number of pyridine rings is 1. The number of benzene rings is 2. The number of aryl methyl sites for hydroxylation is 1. The van der Waals surface area contributed by atoms with E-state index >= 15 is 0 Å². The Kier molecular flexibility index (Phi) is 11.7. The lowest BCUT2D eigenvalue weighted by Gasteiger charge is -2.22. The molecule has 0 radical (unpaired) electrons. The molecule has 11 heteroatoms. The van der Waals surface area contributed by atoms with Crippen molar-refractivity contribution in [3.8, 4) is 11.1 Å². The van der Waals surface area contributed by atoms with Gasteiger partial charge in [-0.3, -0.25) is 9.59 Å². The monoisotopic (exact) mass is 763 g/mol. The van der Waals surface area contributed by atoms with Crippen LogP contribution in [-0.2, 0) is 6.54 Å². The molecule has 2 fully saturated rings. The van der Waals surface area contributed by atoms with Crippen molar-refractivity contribution >= 4 is 59.1 Å². The number of nitrogens with one attached hydrogen (secondary N) is 4. The highest BCUT2D eigenvalue weighted by Gasteiger charge is 2.23. The van der Waals surface area contributed by atoms with Crippen molar-refractivity contribution in [3.05, 3.63) is 80.1 Å². The van der Waals surface area contributed by atoms with Gasteiger partial charge in [-0.05, 0) is 108 Å². The second-order valence-electron chi connectivity index (χ2n) is 12.5. The molecule has 0 aliphatic carbocycles. The van der Waals surface area contributed by atoms with Gasteiger partial charge in [-0.2, -0.15) is 0 Å². The summed E-state index contributed by atoms with van der Waals surface area (Å²) in [6, 6.07) is 13.2. The minimum absolute atomic E-state index is 0.0554. The number of allylic oxidation sites excluding steroid dienone is 2. The Balaban J connectivity index is 1.23. The fraction of sp³-hybridized carbons (Fsp3) is 0.405. The van der Waals surface area contributed by atoms with E-state index in [1.165, 1.54) is 25.7 Å². The van der Waals surface area contributed by atoms with Crippen LogP contribution in [0.25, 0.3) is 22.0 Å². The van der Waals surface area contributed by atoms with Crippen LogP contribution >= 0.6 is 20.7 Å². The Morgan fingerprint density at radius 1 is 0.854 bits per heavy atom. The van der Waals surface area contributed by atoms with Crippen molar-refractivity contribution < 1.29 is 9.59 Å². The molecule has 1 aromatic heterocycles. The van der Waals surface area contributed by atoms with Gasteiger partial charge in [0.15, 0.2) is 0 Å². The number of urea groups is 1. The lowest BCUT2D eigenvalue weighted by molar-refractivity contribution is 0.0949. The summed E-state index contributed by atoms with van der Waals surface area (Å²) in [5, 5.41) is 12.9. The van der Waals surface area contributed by atoms with Crippen LogP contribution in [0.2, 0.25) is 0 Å². The summed E-state index contributed by atoms with van der Waals surface area (Å²) in [5.41, 5.74) is 4.45. The molecule has 0 spiro atoms. The third-order valence-corrected chi connectivity index (χ3v) is 11.2. The number of aromatic nitrogens is 1. The van der Waals surface area contributed by atoms with Crippen LogP contribution in [-0.4, -0.2) is 89.2 Å². The van der Waals surface area contributed by atoms with Crippen molar-refractivity contribution in [1.29, 1.82) is 0 Å². The first-order chi connectivity index (χ1) is 23.5. The lowest BCUT2D eigenvalue weighted by Crippen LogP contribution is -2.37. The molecule has 0 atom stereocenters. The molecule has 3 amide bonds. The minimum Gasteiger partial charge on any atom is -0.369 e. The van der Waals surface area contributed by atoms with Gasteiger partial charge in [-0.1, -0.05) is 51.1 Å². The van der Waals surface area contributed by atoms with Gasteiger partial charge in [0.25, 0.3) is 5.91 Å². The number of carbonyl (C=O) groups excluding carboxylic acids is 2. The molecule has 4 heterocycles. The number of nitrogens with zero attached hydrogens (tertiary/aromatic N) is 3. The summed E-state index contributed by atoms with van der Waals surface area (Å²) in [5.74, 6) is 0.255. The molecule has 2 aromatic carbocycles. The highest BCUT2D eigenvalue weighted by Crippen LogP contribution is 2.28. The average molecular weight is 764 g/mol. The Bertz CT molecular complexity index is 1770. The maximum absolute atomic E-state index is 14.1. The molecule has 3 aliphatic rings. The normalized spacial score (nSPS) is 16.5. The van der Waals surface area contributed by atoms with Crippen molar-refractivity contribution in [2.24, 2.45) is 0 Å². The maximum Gasteiger partial charge on any atom is 0.319 e. The van der Waals surface area contributed by atoms with Crippen LogP contribution in [0.3, 0.4) is 0 Å². The second-order valence-corrected chi connectivity index (χ2v) is 14.6. The fourth-order valence-electron chi connectivity index (χ4n) is 6.66. The van der Waals surface area contributed by atoms with E-state index in [2.05, 4.69) is 43.7 Å². The molecule has 0 bridgehead atoms. The van der Waals surface area contributed by atoms with Crippen molar-refractivity contribution in [1.82, 2.24) is 25.0 Å². The Morgan fingerprint density at radius 2 is 1.54 bits per heavy atom. The van der Waals surface area contributed by atoms with Crippen molar-refractivity contribution in [2.75, 3.05) is 69.5 Å². The molecule has 48 heavy (non-hydrogen) atoms. The second kappa shape index (κ2) is 16.5. The third-order valence-electron chi connectivity index (χ3n) is 9.23. The molecule has 4 N–H and O–H groups in total. The minimum atomic E-state index is -0.324. The zero-order valence-electron chi connectivity index (χ0n) is 27.7. The van der Waals surface area contributed by atoms with E-state index in [9.17, 15) is 14.4 Å². The summed E-state index contributed by atoms with van der Waals surface area (Å²) in [7, 11) is 0. The smallest absolute Gasteiger partial charge is 0.319 e. The molecular weight excluding hydrogens is 717 g/mol. The van der Waals surface area contributed by atoms with E-state index in [4.69, 9.17) is 0 Å². The van der Waals surface area contributed by atoms with Crippen LogP contribution in [0.5, 0.6) is 0 Å². The van der Waals surface area contributed by atoms with Crippen LogP contribution in [0.15, 0.2) is 69.1 Å². The van der Waals surface area contributed by atoms with E-state index < -0.39 is 0 Å². The largest absolute Gasteiger partial charge is 0.369 e. The van der Waals surface area contributed by atoms with E-state index in [1.807, 2.05) is 61.5 Å². The van der Waals surface area contributed by atoms with Crippen molar-refractivity contribution in [2.45, 2.75) is 39.2 Å². The lowest BCUT2D eigenvalue weighted by atomic mass is 10.0. The van der Waals surface area contributed by atoms with E-state index in [1.54, 1.807) is 0 Å². The number of fused-ring (bicyclic) bond motifs is 1. The molecule has 3 aliphatic heterocycles. The summed E-state index contributed by atoms with van der Waals surface area (Å²) >= 11 is -0.0554. The Labute approximate surface area is 292 Å². The standard InChI is InChI=1S/C37H46IN7O3/c1-2-45-32-24-29(28-9-12-30(13-10-28)42-37(48)41-26-27-8-7-15-38-25-27)11-14-31(32)34(46)33(35(45)39-16-22-43-18-3-4-19-43)36(47)40-17-23-44-20-5-6-21-44/h7-15,24-25,39H,2-6,16-23,26H2,1H3,(H,40,47)(H2,41,42,48). The van der Waals surface area contributed by atoms with E-state index in [0.717, 1.165) is 61.5 Å². The number of carbonyl (C=O) groups is 2. The zero-order chi connectivity index (χ0) is 33.3. The average Bonchev–Trinajstić information content (AvgIpc) is 3.83. The first-order valence-electron chi connectivity index (χ1n) is 17.1. The van der Waals surface area contributed by atoms with E-state index in [0.29, 0.717) is 43.1 Å². The third kappa shape index (κ3) is 8.42. The molecule has 10 nitrogen and oxygen atoms in total. The molecule has 254 valence electrons.